The van der Waals surface area contributed by atoms with Crippen molar-refractivity contribution in [2.24, 2.45) is 0 Å². The number of unbranched alkanes of at least 4 members (excludes halogenated alkanes) is 2. The molecule has 1 aliphatic rings. The first-order chi connectivity index (χ1) is 17.2. The Bertz CT molecular complexity index is 1190. The molecule has 3 aromatic rings. The van der Waals surface area contributed by atoms with Gasteiger partial charge in [0.05, 0.1) is 24.5 Å². The number of nitrogens with one attached hydrogen (secondary N) is 2. The highest BCUT2D eigenvalue weighted by molar-refractivity contribution is 5.92. The molecule has 9 nitrogen and oxygen atoms in total. The molecule has 0 aliphatic carbocycles. The molecule has 35 heavy (non-hydrogen) atoms. The number of aromatic nitrogens is 3. The van der Waals surface area contributed by atoms with Gasteiger partial charge in [0, 0.05) is 36.4 Å². The van der Waals surface area contributed by atoms with Crippen LogP contribution in [0.1, 0.15) is 38.2 Å². The van der Waals surface area contributed by atoms with Gasteiger partial charge in [0.1, 0.15) is 12.4 Å². The topological polar surface area (TPSA) is 116 Å². The van der Waals surface area contributed by atoms with E-state index in [1.807, 2.05) is 12.1 Å². The van der Waals surface area contributed by atoms with Crippen LogP contribution in [-0.2, 0) is 9.53 Å². The summed E-state index contributed by atoms with van der Waals surface area (Å²) < 4.78 is 5.41. The van der Waals surface area contributed by atoms with Gasteiger partial charge in [0.25, 0.3) is 0 Å². The van der Waals surface area contributed by atoms with Crippen LogP contribution in [0.15, 0.2) is 48.8 Å². The summed E-state index contributed by atoms with van der Waals surface area (Å²) in [5.74, 6) is 0.750. The third kappa shape index (κ3) is 6.52. The van der Waals surface area contributed by atoms with Gasteiger partial charge >= 0.3 is 0 Å². The number of morpholine rings is 1. The number of hydrogen-bond donors (Lipinski definition) is 2. The fourth-order valence-corrected chi connectivity index (χ4v) is 3.83. The van der Waals surface area contributed by atoms with Crippen molar-refractivity contribution in [3.05, 3.63) is 54.4 Å². The van der Waals surface area contributed by atoms with Crippen LogP contribution in [0, 0.1) is 11.3 Å². The van der Waals surface area contributed by atoms with Gasteiger partial charge < -0.3 is 20.3 Å². The average Bonchev–Trinajstić information content (AvgIpc) is 2.90. The van der Waals surface area contributed by atoms with E-state index in [2.05, 4.69) is 55.6 Å². The number of nitriles is 1. The number of anilines is 4. The van der Waals surface area contributed by atoms with Crippen LogP contribution in [0.25, 0.3) is 11.4 Å². The molecule has 2 aromatic carbocycles. The van der Waals surface area contributed by atoms with Crippen LogP contribution in [0.3, 0.4) is 0 Å². The number of carbonyl (C=O) groups is 1. The second kappa shape index (κ2) is 11.9. The van der Waals surface area contributed by atoms with E-state index < -0.39 is 0 Å². The molecule has 0 atom stereocenters. The number of nitrogens with zero attached hydrogens (tertiary/aromatic N) is 5. The number of rotatable bonds is 9. The van der Waals surface area contributed by atoms with Crippen molar-refractivity contribution in [2.75, 3.05) is 41.8 Å². The van der Waals surface area contributed by atoms with Crippen molar-refractivity contribution < 1.29 is 9.53 Å². The monoisotopic (exact) mass is 471 g/mol. The number of hydrogen-bond acceptors (Lipinski definition) is 8. The first kappa shape index (κ1) is 24.1. The molecule has 0 bridgehead atoms. The van der Waals surface area contributed by atoms with Gasteiger partial charge in [-0.15, -0.1) is 0 Å². The lowest BCUT2D eigenvalue weighted by Gasteiger charge is -2.28. The zero-order valence-corrected chi connectivity index (χ0v) is 19.8. The Kier molecular flexibility index (Phi) is 8.20. The van der Waals surface area contributed by atoms with Gasteiger partial charge in [0.15, 0.2) is 5.82 Å². The molecule has 1 fully saturated rings. The predicted octanol–water partition coefficient (Wildman–Crippen LogP) is 4.51. The minimum Gasteiger partial charge on any atom is -0.378 e. The molecule has 0 saturated carbocycles. The van der Waals surface area contributed by atoms with Crippen LogP contribution in [0.5, 0.6) is 0 Å². The molecule has 0 spiro atoms. The van der Waals surface area contributed by atoms with Crippen molar-refractivity contribution in [3.8, 4) is 17.5 Å². The summed E-state index contributed by atoms with van der Waals surface area (Å²) in [6.07, 6.45) is 4.76. The van der Waals surface area contributed by atoms with Gasteiger partial charge in [-0.2, -0.15) is 10.2 Å². The quantitative estimate of drug-likeness (QED) is 0.438. The van der Waals surface area contributed by atoms with Gasteiger partial charge in [-0.25, -0.2) is 9.97 Å². The van der Waals surface area contributed by atoms with Crippen LogP contribution in [0.2, 0.25) is 0 Å². The molecule has 180 valence electrons. The van der Waals surface area contributed by atoms with Crippen molar-refractivity contribution >= 4 is 28.9 Å². The predicted molar refractivity (Wildman–Crippen MR) is 136 cm³/mol. The van der Waals surface area contributed by atoms with E-state index >= 15 is 0 Å². The smallest absolute Gasteiger partial charge is 0.230 e. The maximum atomic E-state index is 12.2. The zero-order valence-electron chi connectivity index (χ0n) is 19.8. The minimum atomic E-state index is -0.0889. The maximum absolute atomic E-state index is 12.2. The van der Waals surface area contributed by atoms with E-state index in [4.69, 9.17) is 4.74 Å². The number of ether oxygens (including phenoxy) is 1. The summed E-state index contributed by atoms with van der Waals surface area (Å²) >= 11 is 0. The number of carbonyl (C=O) groups excluding carboxylic acids is 1. The summed E-state index contributed by atoms with van der Waals surface area (Å²) in [4.78, 5) is 27.5. The van der Waals surface area contributed by atoms with E-state index in [1.165, 1.54) is 6.33 Å². The molecule has 1 aromatic heterocycles. The Labute approximate surface area is 205 Å². The highest BCUT2D eigenvalue weighted by atomic mass is 16.5. The third-order valence-electron chi connectivity index (χ3n) is 5.75. The Balaban J connectivity index is 1.44. The molecule has 4 rings (SSSR count). The Morgan fingerprint density at radius 3 is 2.66 bits per heavy atom. The summed E-state index contributed by atoms with van der Waals surface area (Å²) in [6, 6.07) is 15.4. The lowest BCUT2D eigenvalue weighted by atomic mass is 10.1. The molecule has 1 saturated heterocycles. The van der Waals surface area contributed by atoms with Gasteiger partial charge in [-0.1, -0.05) is 19.8 Å². The zero-order chi connectivity index (χ0) is 24.5. The standard InChI is InChI=1S/C26H29N7O2/c1-2-3-4-5-24(34)31-23-11-6-19(16-20(23)17-27)25-28-18-29-26(32-25)30-21-7-9-22(10-8-21)33-12-14-35-15-13-33/h6-11,16,18H,2-5,12-15H2,1H3,(H,31,34)(H,28,29,30,32). The Morgan fingerprint density at radius 1 is 1.11 bits per heavy atom. The summed E-state index contributed by atoms with van der Waals surface area (Å²) in [5.41, 5.74) is 3.53. The van der Waals surface area contributed by atoms with E-state index in [0.29, 0.717) is 35.0 Å². The SMILES string of the molecule is CCCCCC(=O)Nc1ccc(-c2ncnc(Nc3ccc(N4CCOCC4)cc3)n2)cc1C#N. The first-order valence-electron chi connectivity index (χ1n) is 11.9. The first-order valence-corrected chi connectivity index (χ1v) is 11.9. The highest BCUT2D eigenvalue weighted by Gasteiger charge is 2.13. The van der Waals surface area contributed by atoms with Crippen molar-refractivity contribution in [1.82, 2.24) is 15.0 Å². The van der Waals surface area contributed by atoms with Crippen molar-refractivity contribution in [1.29, 1.82) is 5.26 Å². The van der Waals surface area contributed by atoms with E-state index in [9.17, 15) is 10.1 Å². The lowest BCUT2D eigenvalue weighted by molar-refractivity contribution is -0.116. The maximum Gasteiger partial charge on any atom is 0.230 e. The largest absolute Gasteiger partial charge is 0.378 e. The molecule has 1 aliphatic heterocycles. The van der Waals surface area contributed by atoms with Crippen LogP contribution in [-0.4, -0.2) is 47.2 Å². The number of amides is 1. The molecule has 9 heteroatoms. The summed E-state index contributed by atoms with van der Waals surface area (Å²) in [6.45, 7) is 5.35. The van der Waals surface area contributed by atoms with Gasteiger partial charge in [-0.05, 0) is 48.9 Å². The molecule has 1 amide bonds. The van der Waals surface area contributed by atoms with E-state index in [-0.39, 0.29) is 5.91 Å². The minimum absolute atomic E-state index is 0.0889. The van der Waals surface area contributed by atoms with E-state index in [1.54, 1.807) is 18.2 Å². The van der Waals surface area contributed by atoms with Gasteiger partial charge in [-0.3, -0.25) is 4.79 Å². The van der Waals surface area contributed by atoms with Gasteiger partial charge in [0.2, 0.25) is 11.9 Å². The third-order valence-corrected chi connectivity index (χ3v) is 5.75. The molecule has 0 unspecified atom stereocenters. The second-order valence-corrected chi connectivity index (χ2v) is 8.28. The second-order valence-electron chi connectivity index (χ2n) is 8.28. The lowest BCUT2D eigenvalue weighted by Crippen LogP contribution is -2.36. The van der Waals surface area contributed by atoms with Crippen molar-refractivity contribution in [2.45, 2.75) is 32.6 Å². The fourth-order valence-electron chi connectivity index (χ4n) is 3.83. The molecular formula is C26H29N7O2. The molecule has 2 N–H and O–H groups in total. The number of benzene rings is 2. The molecule has 2 heterocycles. The summed E-state index contributed by atoms with van der Waals surface area (Å²) in [5, 5.41) is 15.6. The Morgan fingerprint density at radius 2 is 1.91 bits per heavy atom. The van der Waals surface area contributed by atoms with E-state index in [0.717, 1.165) is 56.9 Å². The summed E-state index contributed by atoms with van der Waals surface area (Å²) in [7, 11) is 0. The highest BCUT2D eigenvalue weighted by Crippen LogP contribution is 2.25. The average molecular weight is 472 g/mol. The Hall–Kier alpha value is -4.03. The fraction of sp³-hybridized carbons (Fsp3) is 0.346. The molecule has 0 radical (unpaired) electrons. The molecular weight excluding hydrogens is 442 g/mol. The van der Waals surface area contributed by atoms with Crippen LogP contribution >= 0.6 is 0 Å². The van der Waals surface area contributed by atoms with Crippen molar-refractivity contribution in [3.63, 3.8) is 0 Å². The normalized spacial score (nSPS) is 13.2. The van der Waals surface area contributed by atoms with Crippen LogP contribution in [0.4, 0.5) is 23.0 Å². The van der Waals surface area contributed by atoms with Crippen LogP contribution < -0.4 is 15.5 Å².